The van der Waals surface area contributed by atoms with E-state index >= 15 is 0 Å². The van der Waals surface area contributed by atoms with Gasteiger partial charge in [0.25, 0.3) is 0 Å². The molecule has 308 valence electrons. The number of hydrogen-bond donors (Lipinski definition) is 0. The number of hydrogen-bond acceptors (Lipinski definition) is 10. The maximum atomic E-state index is 12.4. The lowest BCUT2D eigenvalue weighted by atomic mass is 9.77. The van der Waals surface area contributed by atoms with Crippen molar-refractivity contribution in [2.24, 2.45) is 10.4 Å². The van der Waals surface area contributed by atoms with Crippen LogP contribution < -0.4 is 14.5 Å². The van der Waals surface area contributed by atoms with E-state index in [4.69, 9.17) is 23.9 Å². The Balaban J connectivity index is 1.08. The zero-order chi connectivity index (χ0) is 41.5. The van der Waals surface area contributed by atoms with E-state index in [1.165, 1.54) is 11.3 Å². The van der Waals surface area contributed by atoms with Crippen LogP contribution in [0.15, 0.2) is 83.9 Å². The minimum absolute atomic E-state index is 0.0157. The van der Waals surface area contributed by atoms with Crippen molar-refractivity contribution in [1.82, 2.24) is 0 Å². The van der Waals surface area contributed by atoms with Gasteiger partial charge in [0.15, 0.2) is 5.75 Å². The highest BCUT2D eigenvalue weighted by atomic mass is 16.5. The van der Waals surface area contributed by atoms with E-state index in [0.717, 1.165) is 58.5 Å². The van der Waals surface area contributed by atoms with Crippen molar-refractivity contribution in [1.29, 1.82) is 0 Å². The normalized spacial score (nSPS) is 16.4. The lowest BCUT2D eigenvalue weighted by Gasteiger charge is -2.48. The Morgan fingerprint density at radius 3 is 2.12 bits per heavy atom. The third-order valence-corrected chi connectivity index (χ3v) is 11.1. The summed E-state index contributed by atoms with van der Waals surface area (Å²) in [6.07, 6.45) is 4.43. The molecule has 0 aliphatic carbocycles. The summed E-state index contributed by atoms with van der Waals surface area (Å²) >= 11 is 0. The van der Waals surface area contributed by atoms with Crippen molar-refractivity contribution in [2.75, 3.05) is 49.3 Å². The summed E-state index contributed by atoms with van der Waals surface area (Å²) in [6.45, 7) is 18.0. The van der Waals surface area contributed by atoms with Gasteiger partial charge in [0.05, 0.1) is 44.2 Å². The number of unbranched alkanes of at least 4 members (excludes halogenated alkanes) is 2. The minimum Gasteiger partial charge on any atom is -0.466 e. The van der Waals surface area contributed by atoms with E-state index in [1.54, 1.807) is 6.92 Å². The lowest BCUT2D eigenvalue weighted by Crippen LogP contribution is -2.63. The van der Waals surface area contributed by atoms with Gasteiger partial charge in [-0.1, -0.05) is 75.4 Å². The summed E-state index contributed by atoms with van der Waals surface area (Å²) in [7, 11) is 0. The van der Waals surface area contributed by atoms with Gasteiger partial charge in [0.1, 0.15) is 12.3 Å². The van der Waals surface area contributed by atoms with Crippen LogP contribution in [0.25, 0.3) is 21.9 Å². The number of rotatable bonds is 17. The molecule has 0 saturated carbocycles. The fourth-order valence-electron chi connectivity index (χ4n) is 8.06. The van der Waals surface area contributed by atoms with Crippen molar-refractivity contribution in [3.8, 4) is 16.9 Å². The quantitative estimate of drug-likeness (QED) is 0.0587. The van der Waals surface area contributed by atoms with E-state index in [1.807, 2.05) is 6.21 Å². The van der Waals surface area contributed by atoms with Crippen molar-refractivity contribution in [2.45, 2.75) is 98.1 Å². The van der Waals surface area contributed by atoms with E-state index in [-0.39, 0.29) is 42.9 Å². The molecular formula is C48H59N3O7. The third-order valence-electron chi connectivity index (χ3n) is 11.1. The lowest BCUT2D eigenvalue weighted by molar-refractivity contribution is -0.150. The maximum Gasteiger partial charge on any atom is 0.306 e. The van der Waals surface area contributed by atoms with Crippen molar-refractivity contribution in [3.05, 3.63) is 84.4 Å². The van der Waals surface area contributed by atoms with E-state index in [2.05, 4.69) is 130 Å². The maximum absolute atomic E-state index is 12.4. The Kier molecular flexibility index (Phi) is 13.1. The SMILES string of the molecule is CCOC(=O)CCCCCOC(=O)CCC(=O)OCCN(CC)c1ccc(-c2cc3c(c4ccccc24)OC2(C=N3)N(CC(C)(C)C)c3ccccc3C2(C)C)cc1. The Morgan fingerprint density at radius 2 is 1.43 bits per heavy atom. The summed E-state index contributed by atoms with van der Waals surface area (Å²) in [4.78, 5) is 45.7. The molecule has 0 saturated heterocycles. The summed E-state index contributed by atoms with van der Waals surface area (Å²) in [5.41, 5.74) is 5.22. The molecule has 0 amide bonds. The second-order valence-corrected chi connectivity index (χ2v) is 16.8. The molecule has 10 nitrogen and oxygen atoms in total. The topological polar surface area (TPSA) is 107 Å². The number of nitrogens with zero attached hydrogens (tertiary/aromatic N) is 3. The highest BCUT2D eigenvalue weighted by Gasteiger charge is 2.60. The third kappa shape index (κ3) is 9.16. The first kappa shape index (κ1) is 42.2. The molecule has 2 aliphatic rings. The van der Waals surface area contributed by atoms with Crippen molar-refractivity contribution in [3.63, 3.8) is 0 Å². The largest absolute Gasteiger partial charge is 0.466 e. The second kappa shape index (κ2) is 18.0. The number of fused-ring (bicyclic) bond motifs is 4. The number of carbonyl (C=O) groups is 3. The average Bonchev–Trinajstić information content (AvgIpc) is 3.37. The van der Waals surface area contributed by atoms with Gasteiger partial charge in [-0.2, -0.15) is 0 Å². The molecule has 2 aliphatic heterocycles. The first-order valence-electron chi connectivity index (χ1n) is 20.8. The molecule has 0 radical (unpaired) electrons. The fourth-order valence-corrected chi connectivity index (χ4v) is 8.06. The van der Waals surface area contributed by atoms with E-state index in [9.17, 15) is 14.4 Å². The van der Waals surface area contributed by atoms with Gasteiger partial charge in [-0.05, 0) is 98.7 Å². The molecule has 0 fully saturated rings. The number of carbonyl (C=O) groups excluding carboxylic acids is 3. The van der Waals surface area contributed by atoms with Crippen LogP contribution in [0.4, 0.5) is 17.1 Å². The number of para-hydroxylation sites is 1. The molecule has 1 spiro atoms. The first-order chi connectivity index (χ1) is 27.8. The predicted molar refractivity (Wildman–Crippen MR) is 231 cm³/mol. The summed E-state index contributed by atoms with van der Waals surface area (Å²) < 4.78 is 22.9. The summed E-state index contributed by atoms with van der Waals surface area (Å²) in [5, 5.41) is 2.11. The van der Waals surface area contributed by atoms with Gasteiger partial charge in [-0.3, -0.25) is 19.4 Å². The summed E-state index contributed by atoms with van der Waals surface area (Å²) in [5.74, 6) is -0.282. The average molecular weight is 790 g/mol. The number of likely N-dealkylation sites (N-methyl/N-ethyl adjacent to an activating group) is 1. The smallest absolute Gasteiger partial charge is 0.306 e. The second-order valence-electron chi connectivity index (χ2n) is 16.8. The summed E-state index contributed by atoms with van der Waals surface area (Å²) in [6, 6.07) is 27.6. The van der Waals surface area contributed by atoms with Gasteiger partial charge < -0.3 is 28.7 Å². The van der Waals surface area contributed by atoms with Crippen molar-refractivity contribution < 1.29 is 33.3 Å². The van der Waals surface area contributed by atoms with E-state index < -0.39 is 17.7 Å². The Hall–Kier alpha value is -5.38. The first-order valence-corrected chi connectivity index (χ1v) is 20.8. The predicted octanol–water partition coefficient (Wildman–Crippen LogP) is 9.96. The monoisotopic (exact) mass is 789 g/mol. The van der Waals surface area contributed by atoms with Crippen LogP contribution in [0.3, 0.4) is 0 Å². The van der Waals surface area contributed by atoms with Crippen LogP contribution in [0.1, 0.15) is 92.6 Å². The molecule has 2 heterocycles. The molecule has 6 rings (SSSR count). The molecule has 4 aromatic rings. The highest BCUT2D eigenvalue weighted by molar-refractivity contribution is 6.05. The van der Waals surface area contributed by atoms with Crippen molar-refractivity contribution >= 4 is 52.0 Å². The number of ether oxygens (including phenoxy) is 4. The standard InChI is InChI=1S/C48H59N3O7/c1-8-50(28-30-57-44(54)27-26-43(53)56-29-16-10-11-21-42(52)55-9-2)35-24-22-34(23-25-35)38-31-40-45(37-18-13-12-17-36(37)38)58-48(32-49-40)47(6,7)39-19-14-15-20-41(39)51(48)33-46(3,4)5/h12-15,17-20,22-25,31-32H,8-11,16,21,26-30,33H2,1-7H3. The zero-order valence-electron chi connectivity index (χ0n) is 35.3. The number of esters is 3. The van der Waals surface area contributed by atoms with Crippen LogP contribution in [0, 0.1) is 5.41 Å². The van der Waals surface area contributed by atoms with Crippen LogP contribution >= 0.6 is 0 Å². The van der Waals surface area contributed by atoms with Crippen LogP contribution in [-0.4, -0.2) is 69.3 Å². The van der Waals surface area contributed by atoms with Crippen LogP contribution in [0.5, 0.6) is 5.75 Å². The fraction of sp³-hybridized carbons (Fsp3) is 0.458. The number of anilines is 2. The molecule has 0 bridgehead atoms. The van der Waals surface area contributed by atoms with Crippen LogP contribution in [-0.2, 0) is 34.0 Å². The minimum atomic E-state index is -0.804. The molecule has 0 aromatic heterocycles. The van der Waals surface area contributed by atoms with Crippen LogP contribution in [0.2, 0.25) is 0 Å². The van der Waals surface area contributed by atoms with Gasteiger partial charge in [-0.25, -0.2) is 0 Å². The van der Waals surface area contributed by atoms with E-state index in [0.29, 0.717) is 32.4 Å². The molecule has 1 unspecified atom stereocenters. The molecular weight excluding hydrogens is 731 g/mol. The molecule has 58 heavy (non-hydrogen) atoms. The Bertz CT molecular complexity index is 2120. The molecule has 10 heteroatoms. The van der Waals surface area contributed by atoms with Gasteiger partial charge in [-0.15, -0.1) is 0 Å². The number of benzene rings is 4. The Morgan fingerprint density at radius 1 is 0.776 bits per heavy atom. The molecule has 1 atom stereocenters. The zero-order valence-corrected chi connectivity index (χ0v) is 35.3. The number of aliphatic imine (C=N–C) groups is 1. The van der Waals surface area contributed by atoms with Gasteiger partial charge in [0.2, 0.25) is 5.72 Å². The molecule has 4 aromatic carbocycles. The highest BCUT2D eigenvalue weighted by Crippen LogP contribution is 2.56. The molecule has 0 N–H and O–H groups in total. The Labute approximate surface area is 343 Å². The van der Waals surface area contributed by atoms with Gasteiger partial charge >= 0.3 is 17.9 Å². The van der Waals surface area contributed by atoms with Gasteiger partial charge in [0, 0.05) is 36.3 Å².